The number of hydrogen-bond acceptors (Lipinski definition) is 3. The SMILES string of the molecule is CCCCCCN1C(=O)NC(=O)C(C)(C)C1=O. The molecule has 0 aromatic carbocycles. The zero-order valence-corrected chi connectivity index (χ0v) is 10.7. The molecule has 4 amide bonds. The van der Waals surface area contributed by atoms with Crippen molar-refractivity contribution in [1.29, 1.82) is 0 Å². The second-order valence-electron chi connectivity index (χ2n) is 4.90. The van der Waals surface area contributed by atoms with Crippen molar-refractivity contribution < 1.29 is 14.4 Å². The van der Waals surface area contributed by atoms with E-state index in [1.165, 1.54) is 13.8 Å². The highest BCUT2D eigenvalue weighted by Gasteiger charge is 2.46. The lowest BCUT2D eigenvalue weighted by atomic mass is 9.88. The van der Waals surface area contributed by atoms with Crippen LogP contribution in [0.2, 0.25) is 0 Å². The van der Waals surface area contributed by atoms with E-state index >= 15 is 0 Å². The molecule has 0 aromatic rings. The maximum Gasteiger partial charge on any atom is 0.330 e. The molecular weight excluding hydrogens is 220 g/mol. The molecule has 1 aliphatic heterocycles. The topological polar surface area (TPSA) is 66.5 Å². The Hall–Kier alpha value is -1.39. The molecule has 0 saturated carbocycles. The van der Waals surface area contributed by atoms with Crippen molar-refractivity contribution in [3.8, 4) is 0 Å². The van der Waals surface area contributed by atoms with Gasteiger partial charge in [-0.05, 0) is 20.3 Å². The Kier molecular flexibility index (Phi) is 4.26. The van der Waals surface area contributed by atoms with Gasteiger partial charge in [0.1, 0.15) is 5.41 Å². The second kappa shape index (κ2) is 5.29. The van der Waals surface area contributed by atoms with Crippen molar-refractivity contribution in [2.45, 2.75) is 46.5 Å². The molecule has 0 unspecified atom stereocenters. The van der Waals surface area contributed by atoms with Crippen LogP contribution in [0.25, 0.3) is 0 Å². The average molecular weight is 240 g/mol. The quantitative estimate of drug-likeness (QED) is 0.587. The maximum absolute atomic E-state index is 12.0. The molecule has 1 aliphatic rings. The fraction of sp³-hybridized carbons (Fsp3) is 0.750. The summed E-state index contributed by atoms with van der Waals surface area (Å²) in [6, 6.07) is -0.587. The monoisotopic (exact) mass is 240 g/mol. The van der Waals surface area contributed by atoms with Gasteiger partial charge in [-0.25, -0.2) is 4.79 Å². The zero-order chi connectivity index (χ0) is 13.1. The predicted molar refractivity (Wildman–Crippen MR) is 63.2 cm³/mol. The van der Waals surface area contributed by atoms with E-state index in [2.05, 4.69) is 12.2 Å². The molecule has 0 spiro atoms. The van der Waals surface area contributed by atoms with Crippen LogP contribution in [-0.2, 0) is 9.59 Å². The normalized spacial score (nSPS) is 19.5. The smallest absolute Gasteiger partial charge is 0.277 e. The lowest BCUT2D eigenvalue weighted by Gasteiger charge is -2.34. The lowest BCUT2D eigenvalue weighted by Crippen LogP contribution is -2.61. The van der Waals surface area contributed by atoms with Crippen LogP contribution in [0.3, 0.4) is 0 Å². The van der Waals surface area contributed by atoms with Crippen LogP contribution in [0.4, 0.5) is 4.79 Å². The molecule has 0 radical (unpaired) electrons. The average Bonchev–Trinajstić information content (AvgIpc) is 2.26. The number of unbranched alkanes of at least 4 members (excludes halogenated alkanes) is 3. The Labute approximate surface area is 102 Å². The van der Waals surface area contributed by atoms with E-state index < -0.39 is 23.3 Å². The fourth-order valence-corrected chi connectivity index (χ4v) is 1.75. The molecule has 0 atom stereocenters. The number of urea groups is 1. The predicted octanol–water partition coefficient (Wildman–Crippen LogP) is 1.67. The molecule has 1 N–H and O–H groups in total. The van der Waals surface area contributed by atoms with Gasteiger partial charge in [0.15, 0.2) is 0 Å². The summed E-state index contributed by atoms with van der Waals surface area (Å²) in [6.45, 7) is 5.56. The van der Waals surface area contributed by atoms with Crippen molar-refractivity contribution in [2.24, 2.45) is 5.41 Å². The van der Waals surface area contributed by atoms with E-state index in [0.717, 1.165) is 30.6 Å². The number of carbonyl (C=O) groups excluding carboxylic acids is 3. The molecule has 0 bridgehead atoms. The van der Waals surface area contributed by atoms with E-state index in [1.807, 2.05) is 0 Å². The van der Waals surface area contributed by atoms with Gasteiger partial charge in [-0.1, -0.05) is 26.2 Å². The Bertz CT molecular complexity index is 337. The van der Waals surface area contributed by atoms with Gasteiger partial charge in [-0.3, -0.25) is 19.8 Å². The molecule has 1 saturated heterocycles. The third-order valence-electron chi connectivity index (χ3n) is 3.05. The van der Waals surface area contributed by atoms with Crippen molar-refractivity contribution in [2.75, 3.05) is 6.54 Å². The summed E-state index contributed by atoms with van der Waals surface area (Å²) in [7, 11) is 0. The summed E-state index contributed by atoms with van der Waals surface area (Å²) in [5.74, 6) is -0.917. The van der Waals surface area contributed by atoms with Crippen LogP contribution >= 0.6 is 0 Å². The van der Waals surface area contributed by atoms with Gasteiger partial charge in [0.2, 0.25) is 11.8 Å². The van der Waals surface area contributed by atoms with Crippen LogP contribution in [0, 0.1) is 5.41 Å². The molecule has 1 rings (SSSR count). The minimum atomic E-state index is -1.14. The Balaban J connectivity index is 2.62. The molecule has 1 fully saturated rings. The molecular formula is C12H20N2O3. The van der Waals surface area contributed by atoms with Gasteiger partial charge >= 0.3 is 6.03 Å². The number of imide groups is 2. The molecule has 0 aromatic heterocycles. The molecule has 96 valence electrons. The van der Waals surface area contributed by atoms with Crippen LogP contribution in [0.15, 0.2) is 0 Å². The van der Waals surface area contributed by atoms with Gasteiger partial charge in [0, 0.05) is 6.54 Å². The van der Waals surface area contributed by atoms with E-state index in [9.17, 15) is 14.4 Å². The van der Waals surface area contributed by atoms with Crippen molar-refractivity contribution in [3.05, 3.63) is 0 Å². The van der Waals surface area contributed by atoms with Crippen molar-refractivity contribution in [3.63, 3.8) is 0 Å². The summed E-state index contributed by atoms with van der Waals surface area (Å²) >= 11 is 0. The number of nitrogens with zero attached hydrogens (tertiary/aromatic N) is 1. The minimum absolute atomic E-state index is 0.390. The summed E-state index contributed by atoms with van der Waals surface area (Å²) in [6.07, 6.45) is 3.97. The third-order valence-corrected chi connectivity index (χ3v) is 3.05. The van der Waals surface area contributed by atoms with Crippen LogP contribution in [-0.4, -0.2) is 29.3 Å². The number of rotatable bonds is 5. The molecule has 5 heteroatoms. The Morgan fingerprint density at radius 1 is 1.12 bits per heavy atom. The Morgan fingerprint density at radius 2 is 1.76 bits per heavy atom. The van der Waals surface area contributed by atoms with E-state index in [0.29, 0.717) is 6.54 Å². The number of hydrogen-bond donors (Lipinski definition) is 1. The summed E-state index contributed by atoms with van der Waals surface area (Å²) in [5, 5.41) is 2.22. The van der Waals surface area contributed by atoms with Gasteiger partial charge < -0.3 is 0 Å². The van der Waals surface area contributed by atoms with Crippen LogP contribution < -0.4 is 5.32 Å². The number of nitrogens with one attached hydrogen (secondary N) is 1. The van der Waals surface area contributed by atoms with Gasteiger partial charge in [-0.2, -0.15) is 0 Å². The van der Waals surface area contributed by atoms with E-state index in [4.69, 9.17) is 0 Å². The maximum atomic E-state index is 12.0. The molecule has 0 aliphatic carbocycles. The highest BCUT2D eigenvalue weighted by molar-refractivity contribution is 6.18. The Morgan fingerprint density at radius 3 is 2.35 bits per heavy atom. The largest absolute Gasteiger partial charge is 0.330 e. The molecule has 17 heavy (non-hydrogen) atoms. The fourth-order valence-electron chi connectivity index (χ4n) is 1.75. The number of carbonyl (C=O) groups is 3. The number of barbiturate groups is 1. The zero-order valence-electron chi connectivity index (χ0n) is 10.7. The first-order chi connectivity index (χ1) is 7.91. The number of amides is 4. The van der Waals surface area contributed by atoms with E-state index in [-0.39, 0.29) is 0 Å². The molecule has 5 nitrogen and oxygen atoms in total. The summed E-state index contributed by atoms with van der Waals surface area (Å²) in [4.78, 5) is 36.1. The minimum Gasteiger partial charge on any atom is -0.277 e. The van der Waals surface area contributed by atoms with Crippen LogP contribution in [0.1, 0.15) is 46.5 Å². The van der Waals surface area contributed by atoms with Crippen molar-refractivity contribution >= 4 is 17.8 Å². The molecule has 1 heterocycles. The van der Waals surface area contributed by atoms with Gasteiger partial charge in [0.25, 0.3) is 0 Å². The van der Waals surface area contributed by atoms with Gasteiger partial charge in [-0.15, -0.1) is 0 Å². The van der Waals surface area contributed by atoms with Gasteiger partial charge in [0.05, 0.1) is 0 Å². The highest BCUT2D eigenvalue weighted by Crippen LogP contribution is 2.23. The standard InChI is InChI=1S/C12H20N2O3/c1-4-5-6-7-8-14-10(16)12(2,3)9(15)13-11(14)17/h4-8H2,1-3H3,(H,13,15,17). The van der Waals surface area contributed by atoms with Crippen LogP contribution in [0.5, 0.6) is 0 Å². The third kappa shape index (κ3) is 2.84. The highest BCUT2D eigenvalue weighted by atomic mass is 16.2. The first-order valence-corrected chi connectivity index (χ1v) is 6.08. The lowest BCUT2D eigenvalue weighted by molar-refractivity contribution is -0.149. The summed E-state index contributed by atoms with van der Waals surface area (Å²) in [5.41, 5.74) is -1.14. The summed E-state index contributed by atoms with van der Waals surface area (Å²) < 4.78 is 0. The first-order valence-electron chi connectivity index (χ1n) is 6.08. The first kappa shape index (κ1) is 13.7. The second-order valence-corrected chi connectivity index (χ2v) is 4.90. The van der Waals surface area contributed by atoms with E-state index in [1.54, 1.807) is 0 Å². The van der Waals surface area contributed by atoms with Crippen molar-refractivity contribution in [1.82, 2.24) is 10.2 Å².